The van der Waals surface area contributed by atoms with Crippen LogP contribution in [0.3, 0.4) is 0 Å². The SMILES string of the molecule is CN1CCN(C(=O)C2CN(S(=O)(=O)c3ccc(CNC(=O)c4ccc5nccn5c4)cc3)C2)CC1. The number of likely N-dealkylation sites (N-methyl/N-ethyl adjacent to an activating group) is 1. The number of nitrogens with zero attached hydrogens (tertiary/aromatic N) is 5. The number of carbonyl (C=O) groups is 2. The van der Waals surface area contributed by atoms with E-state index in [4.69, 9.17) is 0 Å². The highest BCUT2D eigenvalue weighted by atomic mass is 32.2. The number of hydrogen-bond acceptors (Lipinski definition) is 6. The molecule has 184 valence electrons. The Morgan fingerprint density at radius 1 is 1.03 bits per heavy atom. The molecule has 1 N–H and O–H groups in total. The number of amides is 2. The van der Waals surface area contributed by atoms with E-state index in [0.717, 1.165) is 24.3 Å². The Morgan fingerprint density at radius 2 is 1.74 bits per heavy atom. The first kappa shape index (κ1) is 23.5. The van der Waals surface area contributed by atoms with Crippen LogP contribution < -0.4 is 5.32 Å². The van der Waals surface area contributed by atoms with Gasteiger partial charge >= 0.3 is 0 Å². The van der Waals surface area contributed by atoms with Crippen LogP contribution in [0.2, 0.25) is 0 Å². The van der Waals surface area contributed by atoms with E-state index >= 15 is 0 Å². The summed E-state index contributed by atoms with van der Waals surface area (Å²) < 4.78 is 29.1. The second kappa shape index (κ2) is 9.40. The molecule has 2 amide bonds. The summed E-state index contributed by atoms with van der Waals surface area (Å²) in [5.41, 5.74) is 2.05. The molecular weight excluding hydrogens is 468 g/mol. The minimum atomic E-state index is -3.66. The van der Waals surface area contributed by atoms with Gasteiger partial charge in [-0.3, -0.25) is 9.59 Å². The maximum absolute atomic E-state index is 13.0. The number of benzene rings is 1. The van der Waals surface area contributed by atoms with Crippen molar-refractivity contribution in [1.82, 2.24) is 28.8 Å². The fourth-order valence-electron chi connectivity index (χ4n) is 4.34. The maximum atomic E-state index is 13.0. The molecule has 10 nitrogen and oxygen atoms in total. The molecule has 2 saturated heterocycles. The summed E-state index contributed by atoms with van der Waals surface area (Å²) in [5, 5.41) is 2.85. The van der Waals surface area contributed by atoms with Gasteiger partial charge in [-0.25, -0.2) is 13.4 Å². The molecule has 2 aliphatic rings. The average Bonchev–Trinajstić information content (AvgIpc) is 3.30. The summed E-state index contributed by atoms with van der Waals surface area (Å²) in [6, 6.07) is 9.96. The standard InChI is InChI=1S/C24H28N6O4S/c1-27-10-12-28(13-11-27)24(32)20-16-30(17-20)35(33,34)21-5-2-18(3-6-21)14-26-23(31)19-4-7-22-25-8-9-29(22)15-19/h2-9,15,20H,10-14,16-17H2,1H3,(H,26,31). The van der Waals surface area contributed by atoms with Crippen molar-refractivity contribution in [1.29, 1.82) is 0 Å². The first-order chi connectivity index (χ1) is 16.8. The van der Waals surface area contributed by atoms with Crippen molar-refractivity contribution in [2.24, 2.45) is 5.92 Å². The molecule has 2 aliphatic heterocycles. The van der Waals surface area contributed by atoms with E-state index in [0.29, 0.717) is 18.7 Å². The third-order valence-electron chi connectivity index (χ3n) is 6.68. The molecule has 0 radical (unpaired) electrons. The van der Waals surface area contributed by atoms with Crippen LogP contribution in [0.5, 0.6) is 0 Å². The summed E-state index contributed by atoms with van der Waals surface area (Å²) in [6.45, 7) is 3.76. The number of hydrogen-bond donors (Lipinski definition) is 1. The van der Waals surface area contributed by atoms with Gasteiger partial charge in [-0.1, -0.05) is 12.1 Å². The zero-order valence-corrected chi connectivity index (χ0v) is 20.3. The number of nitrogens with one attached hydrogen (secondary N) is 1. The van der Waals surface area contributed by atoms with Crippen molar-refractivity contribution in [2.75, 3.05) is 46.3 Å². The minimum absolute atomic E-state index is 0.0443. The van der Waals surface area contributed by atoms with Gasteiger partial charge in [0.1, 0.15) is 5.65 Å². The van der Waals surface area contributed by atoms with E-state index in [1.807, 2.05) is 11.9 Å². The molecule has 5 rings (SSSR count). The van der Waals surface area contributed by atoms with Crippen molar-refractivity contribution in [3.8, 4) is 0 Å². The Bertz CT molecular complexity index is 1340. The lowest BCUT2D eigenvalue weighted by Crippen LogP contribution is -2.58. The van der Waals surface area contributed by atoms with E-state index in [9.17, 15) is 18.0 Å². The molecule has 0 atom stereocenters. The van der Waals surface area contributed by atoms with Crippen LogP contribution in [0.4, 0.5) is 0 Å². The van der Waals surface area contributed by atoms with Gasteiger partial charge in [-0.2, -0.15) is 4.31 Å². The summed E-state index contributed by atoms with van der Waals surface area (Å²) in [6.07, 6.45) is 5.15. The number of sulfonamides is 1. The summed E-state index contributed by atoms with van der Waals surface area (Å²) in [7, 11) is -1.63. The smallest absolute Gasteiger partial charge is 0.253 e. The molecule has 0 spiro atoms. The Hall–Kier alpha value is -3.28. The Labute approximate surface area is 204 Å². The van der Waals surface area contributed by atoms with E-state index < -0.39 is 10.0 Å². The lowest BCUT2D eigenvalue weighted by Gasteiger charge is -2.41. The molecular formula is C24H28N6O4S. The molecule has 0 saturated carbocycles. The zero-order valence-electron chi connectivity index (χ0n) is 19.5. The van der Waals surface area contributed by atoms with Crippen molar-refractivity contribution in [3.05, 3.63) is 66.1 Å². The molecule has 1 aromatic carbocycles. The van der Waals surface area contributed by atoms with Crippen LogP contribution in [-0.4, -0.2) is 90.0 Å². The van der Waals surface area contributed by atoms with Gasteiger partial charge in [-0.15, -0.1) is 0 Å². The number of piperazine rings is 1. The first-order valence-electron chi connectivity index (χ1n) is 11.6. The van der Waals surface area contributed by atoms with Gasteiger partial charge in [0, 0.05) is 64.4 Å². The predicted octanol–water partition coefficient (Wildman–Crippen LogP) is 0.659. The summed E-state index contributed by atoms with van der Waals surface area (Å²) >= 11 is 0. The Kier molecular flexibility index (Phi) is 6.30. The average molecular weight is 497 g/mol. The quantitative estimate of drug-likeness (QED) is 0.537. The molecule has 35 heavy (non-hydrogen) atoms. The number of fused-ring (bicyclic) bond motifs is 1. The lowest BCUT2D eigenvalue weighted by atomic mass is 10.0. The van der Waals surface area contributed by atoms with Gasteiger partial charge in [-0.05, 0) is 36.9 Å². The van der Waals surface area contributed by atoms with E-state index in [1.165, 1.54) is 4.31 Å². The predicted molar refractivity (Wildman–Crippen MR) is 129 cm³/mol. The van der Waals surface area contributed by atoms with Crippen molar-refractivity contribution in [3.63, 3.8) is 0 Å². The number of pyridine rings is 1. The first-order valence-corrected chi connectivity index (χ1v) is 13.0. The topological polar surface area (TPSA) is 107 Å². The second-order valence-electron chi connectivity index (χ2n) is 9.08. The largest absolute Gasteiger partial charge is 0.348 e. The zero-order chi connectivity index (χ0) is 24.6. The Morgan fingerprint density at radius 3 is 2.46 bits per heavy atom. The summed E-state index contributed by atoms with van der Waals surface area (Å²) in [4.78, 5) is 33.5. The molecule has 2 fully saturated rings. The third kappa shape index (κ3) is 4.79. The molecule has 0 bridgehead atoms. The van der Waals surface area contributed by atoms with Gasteiger partial charge in [0.15, 0.2) is 0 Å². The van der Waals surface area contributed by atoms with Crippen LogP contribution in [0.25, 0.3) is 5.65 Å². The number of aromatic nitrogens is 2. The van der Waals surface area contributed by atoms with Crippen LogP contribution in [0.1, 0.15) is 15.9 Å². The van der Waals surface area contributed by atoms with Crippen LogP contribution in [0, 0.1) is 5.92 Å². The van der Waals surface area contributed by atoms with Crippen LogP contribution in [0.15, 0.2) is 59.9 Å². The lowest BCUT2D eigenvalue weighted by molar-refractivity contribution is -0.140. The molecule has 4 heterocycles. The van der Waals surface area contributed by atoms with Gasteiger partial charge in [0.25, 0.3) is 5.91 Å². The molecule has 2 aromatic heterocycles. The fourth-order valence-corrected chi connectivity index (χ4v) is 5.87. The van der Waals surface area contributed by atoms with Crippen molar-refractivity contribution < 1.29 is 18.0 Å². The highest BCUT2D eigenvalue weighted by Crippen LogP contribution is 2.27. The van der Waals surface area contributed by atoms with E-state index in [2.05, 4.69) is 15.2 Å². The third-order valence-corrected chi connectivity index (χ3v) is 8.52. The highest BCUT2D eigenvalue weighted by molar-refractivity contribution is 7.89. The van der Waals surface area contributed by atoms with E-state index in [-0.39, 0.29) is 42.3 Å². The van der Waals surface area contributed by atoms with Crippen LogP contribution >= 0.6 is 0 Å². The van der Waals surface area contributed by atoms with Gasteiger partial charge in [0.05, 0.1) is 16.4 Å². The number of carbonyl (C=O) groups excluding carboxylic acids is 2. The maximum Gasteiger partial charge on any atom is 0.253 e. The molecule has 0 unspecified atom stereocenters. The van der Waals surface area contributed by atoms with E-state index in [1.54, 1.807) is 59.4 Å². The number of rotatable bonds is 6. The summed E-state index contributed by atoms with van der Waals surface area (Å²) in [5.74, 6) is -0.457. The van der Waals surface area contributed by atoms with Crippen molar-refractivity contribution in [2.45, 2.75) is 11.4 Å². The normalized spacial score (nSPS) is 17.9. The van der Waals surface area contributed by atoms with Gasteiger partial charge in [0.2, 0.25) is 15.9 Å². The Balaban J connectivity index is 1.14. The van der Waals surface area contributed by atoms with Crippen molar-refractivity contribution >= 4 is 27.5 Å². The molecule has 3 aromatic rings. The minimum Gasteiger partial charge on any atom is -0.348 e. The molecule has 11 heteroatoms. The number of imidazole rings is 1. The second-order valence-corrected chi connectivity index (χ2v) is 11.0. The highest BCUT2D eigenvalue weighted by Gasteiger charge is 2.42. The molecule has 0 aliphatic carbocycles. The monoisotopic (exact) mass is 496 g/mol. The fraction of sp³-hybridized carbons (Fsp3) is 0.375. The van der Waals surface area contributed by atoms with Gasteiger partial charge < -0.3 is 19.5 Å². The van der Waals surface area contributed by atoms with Crippen LogP contribution in [-0.2, 0) is 21.4 Å².